The van der Waals surface area contributed by atoms with Gasteiger partial charge in [-0.05, 0) is 18.2 Å². The molecule has 0 spiro atoms. The van der Waals surface area contributed by atoms with Gasteiger partial charge in [-0.1, -0.05) is 6.58 Å². The van der Waals surface area contributed by atoms with Crippen LogP contribution in [0.4, 0.5) is 24.5 Å². The Balaban J connectivity index is 2.23. The zero-order chi connectivity index (χ0) is 21.6. The maximum Gasteiger partial charge on any atom is 0.390 e. The van der Waals surface area contributed by atoms with Crippen LogP contribution in [-0.4, -0.2) is 69.9 Å². The van der Waals surface area contributed by atoms with Crippen LogP contribution in [-0.2, 0) is 9.53 Å². The van der Waals surface area contributed by atoms with Crippen molar-refractivity contribution < 1.29 is 32.2 Å². The average Bonchev–Trinajstić information content (AvgIpc) is 2.71. The van der Waals surface area contributed by atoms with Gasteiger partial charge < -0.3 is 19.7 Å². The molecule has 1 amide bonds. The van der Waals surface area contributed by atoms with Crippen LogP contribution < -0.4 is 15.0 Å². The number of halogens is 3. The van der Waals surface area contributed by atoms with Crippen LogP contribution in [0.2, 0.25) is 0 Å². The van der Waals surface area contributed by atoms with E-state index in [-0.39, 0.29) is 17.8 Å². The van der Waals surface area contributed by atoms with Crippen LogP contribution in [0.5, 0.6) is 5.75 Å². The third-order valence-corrected chi connectivity index (χ3v) is 4.59. The smallest absolute Gasteiger partial charge is 0.390 e. The number of alkyl halides is 3. The molecule has 1 heterocycles. The number of hydrogen-bond donors (Lipinski definition) is 1. The second-order valence-corrected chi connectivity index (χ2v) is 6.45. The molecule has 0 bridgehead atoms. The van der Waals surface area contributed by atoms with Gasteiger partial charge in [-0.3, -0.25) is 9.69 Å². The zero-order valence-electron chi connectivity index (χ0n) is 16.3. The Morgan fingerprint density at radius 3 is 2.38 bits per heavy atom. The van der Waals surface area contributed by atoms with Gasteiger partial charge in [-0.2, -0.15) is 13.2 Å². The highest BCUT2D eigenvalue weighted by Gasteiger charge is 2.29. The second-order valence-electron chi connectivity index (χ2n) is 6.45. The van der Waals surface area contributed by atoms with Crippen molar-refractivity contribution in [2.45, 2.75) is 12.6 Å². The van der Waals surface area contributed by atoms with Gasteiger partial charge in [0.25, 0.3) is 0 Å². The summed E-state index contributed by atoms with van der Waals surface area (Å²) in [5.74, 6) is -0.750. The summed E-state index contributed by atoms with van der Waals surface area (Å²) in [6.45, 7) is 5.19. The first-order valence-corrected chi connectivity index (χ1v) is 8.96. The van der Waals surface area contributed by atoms with Gasteiger partial charge in [-0.15, -0.1) is 0 Å². The lowest BCUT2D eigenvalue weighted by Gasteiger charge is -2.37. The molecular weight excluding hydrogens is 391 g/mol. The lowest BCUT2D eigenvalue weighted by Crippen LogP contribution is -2.47. The van der Waals surface area contributed by atoms with Crippen molar-refractivity contribution in [3.8, 4) is 5.75 Å². The molecule has 0 aromatic heterocycles. The lowest BCUT2D eigenvalue weighted by atomic mass is 10.1. The molecule has 0 unspecified atom stereocenters. The van der Waals surface area contributed by atoms with E-state index in [1.54, 1.807) is 11.0 Å². The van der Waals surface area contributed by atoms with Crippen LogP contribution in [0.1, 0.15) is 16.8 Å². The molecule has 29 heavy (non-hydrogen) atoms. The molecule has 0 aliphatic carbocycles. The molecule has 160 valence electrons. The van der Waals surface area contributed by atoms with Crippen LogP contribution in [0.3, 0.4) is 0 Å². The van der Waals surface area contributed by atoms with Gasteiger partial charge >= 0.3 is 12.1 Å². The molecule has 1 aromatic carbocycles. The van der Waals surface area contributed by atoms with Crippen molar-refractivity contribution in [2.75, 3.05) is 57.2 Å². The Kier molecular flexibility index (Phi) is 7.49. The Hall–Kier alpha value is -2.75. The van der Waals surface area contributed by atoms with Gasteiger partial charge in [0.15, 0.2) is 0 Å². The third-order valence-electron chi connectivity index (χ3n) is 4.59. The van der Waals surface area contributed by atoms with Crippen molar-refractivity contribution in [1.29, 1.82) is 0 Å². The minimum absolute atomic E-state index is 0.0452. The zero-order valence-corrected chi connectivity index (χ0v) is 16.3. The Labute approximate surface area is 167 Å². The molecule has 10 heteroatoms. The lowest BCUT2D eigenvalue weighted by molar-refractivity contribution is -0.138. The average molecular weight is 415 g/mol. The Morgan fingerprint density at radius 1 is 1.21 bits per heavy atom. The fraction of sp³-hybridized carbons (Fsp3) is 0.474. The van der Waals surface area contributed by atoms with Crippen molar-refractivity contribution in [2.24, 2.45) is 0 Å². The number of carbonyl (C=O) groups is 2. The summed E-state index contributed by atoms with van der Waals surface area (Å²) in [4.78, 5) is 27.5. The van der Waals surface area contributed by atoms with E-state index < -0.39 is 24.5 Å². The largest absolute Gasteiger partial charge is 0.495 e. The van der Waals surface area contributed by atoms with E-state index in [0.717, 1.165) is 6.08 Å². The number of esters is 1. The maximum absolute atomic E-state index is 12.4. The van der Waals surface area contributed by atoms with Crippen LogP contribution >= 0.6 is 0 Å². The highest BCUT2D eigenvalue weighted by atomic mass is 19.4. The predicted octanol–water partition coefficient (Wildman–Crippen LogP) is 2.68. The van der Waals surface area contributed by atoms with Crippen molar-refractivity contribution in [3.05, 3.63) is 30.4 Å². The fourth-order valence-electron chi connectivity index (χ4n) is 3.04. The molecule has 1 aromatic rings. The molecule has 0 atom stereocenters. The topological polar surface area (TPSA) is 71.1 Å². The molecule has 0 saturated carbocycles. The molecular formula is C19H24F3N3O4. The molecule has 0 radical (unpaired) electrons. The predicted molar refractivity (Wildman–Crippen MR) is 102 cm³/mol. The number of amides is 1. The molecule has 1 N–H and O–H groups in total. The van der Waals surface area contributed by atoms with E-state index in [0.29, 0.717) is 37.6 Å². The highest BCUT2D eigenvalue weighted by molar-refractivity contribution is 6.05. The Morgan fingerprint density at radius 2 is 1.86 bits per heavy atom. The summed E-state index contributed by atoms with van der Waals surface area (Å²) in [7, 11) is 2.67. The van der Waals surface area contributed by atoms with Gasteiger partial charge in [0.05, 0.1) is 37.6 Å². The minimum Gasteiger partial charge on any atom is -0.495 e. The van der Waals surface area contributed by atoms with Gasteiger partial charge in [0, 0.05) is 32.7 Å². The molecule has 1 saturated heterocycles. The number of hydrogen-bond acceptors (Lipinski definition) is 6. The van der Waals surface area contributed by atoms with E-state index in [1.165, 1.54) is 20.3 Å². The van der Waals surface area contributed by atoms with Crippen molar-refractivity contribution in [1.82, 2.24) is 4.90 Å². The first-order chi connectivity index (χ1) is 13.7. The molecule has 1 fully saturated rings. The number of methoxy groups -OCH3 is 2. The van der Waals surface area contributed by atoms with E-state index in [1.807, 2.05) is 4.90 Å². The number of benzene rings is 1. The standard InChI is InChI=1S/C19H24F3N3O4/c1-4-17(26)23-14-12-15(16(28-2)11-13(14)18(27)29-3)25-9-7-24(8-10-25)6-5-19(20,21)22/h4,11-12H,1,5-10H2,2-3H3,(H,23,26). The van der Waals surface area contributed by atoms with Crippen LogP contribution in [0, 0.1) is 0 Å². The van der Waals surface area contributed by atoms with Gasteiger partial charge in [0.1, 0.15) is 5.75 Å². The maximum atomic E-state index is 12.4. The van der Waals surface area contributed by atoms with E-state index in [2.05, 4.69) is 11.9 Å². The van der Waals surface area contributed by atoms with E-state index in [9.17, 15) is 22.8 Å². The Bertz CT molecular complexity index is 760. The summed E-state index contributed by atoms with van der Waals surface area (Å²) in [5.41, 5.74) is 0.971. The molecule has 2 rings (SSSR count). The monoisotopic (exact) mass is 415 g/mol. The molecule has 1 aliphatic rings. The fourth-order valence-corrected chi connectivity index (χ4v) is 3.04. The third kappa shape index (κ3) is 6.11. The normalized spacial score (nSPS) is 15.0. The summed E-state index contributed by atoms with van der Waals surface area (Å²) in [6, 6.07) is 3.06. The summed E-state index contributed by atoms with van der Waals surface area (Å²) in [5, 5.41) is 2.58. The number of piperazine rings is 1. The van der Waals surface area contributed by atoms with Crippen LogP contribution in [0.15, 0.2) is 24.8 Å². The number of anilines is 2. The number of nitrogens with one attached hydrogen (secondary N) is 1. The first-order valence-electron chi connectivity index (χ1n) is 8.96. The van der Waals surface area contributed by atoms with E-state index >= 15 is 0 Å². The van der Waals surface area contributed by atoms with E-state index in [4.69, 9.17) is 9.47 Å². The summed E-state index contributed by atoms with van der Waals surface area (Å²) < 4.78 is 47.4. The SMILES string of the molecule is C=CC(=O)Nc1cc(N2CCN(CCC(F)(F)F)CC2)c(OC)cc1C(=O)OC. The highest BCUT2D eigenvalue weighted by Crippen LogP contribution is 2.35. The van der Waals surface area contributed by atoms with Crippen molar-refractivity contribution in [3.63, 3.8) is 0 Å². The molecule has 1 aliphatic heterocycles. The van der Waals surface area contributed by atoms with Gasteiger partial charge in [0.2, 0.25) is 5.91 Å². The second kappa shape index (κ2) is 9.64. The minimum atomic E-state index is -4.18. The van der Waals surface area contributed by atoms with Gasteiger partial charge in [-0.25, -0.2) is 4.79 Å². The van der Waals surface area contributed by atoms with Crippen molar-refractivity contribution >= 4 is 23.3 Å². The first kappa shape index (κ1) is 22.5. The van der Waals surface area contributed by atoms with Crippen LogP contribution in [0.25, 0.3) is 0 Å². The number of nitrogens with zero attached hydrogens (tertiary/aromatic N) is 2. The number of rotatable bonds is 7. The quantitative estimate of drug-likeness (QED) is 0.546. The summed E-state index contributed by atoms with van der Waals surface area (Å²) >= 11 is 0. The number of ether oxygens (including phenoxy) is 2. The summed E-state index contributed by atoms with van der Waals surface area (Å²) in [6.07, 6.45) is -3.95. The molecule has 7 nitrogen and oxygen atoms in total. The number of carbonyl (C=O) groups excluding carboxylic acids is 2.